The van der Waals surface area contributed by atoms with Crippen LogP contribution in [-0.4, -0.2) is 20.4 Å². The molecular formula is C15H19ClN6O2. The highest BCUT2D eigenvalue weighted by Crippen LogP contribution is 2.29. The van der Waals surface area contributed by atoms with Gasteiger partial charge in [0.2, 0.25) is 11.6 Å². The van der Waals surface area contributed by atoms with E-state index in [4.69, 9.17) is 11.6 Å². The standard InChI is InChI=1S/C15H19ClN6O2/c1-15(2,3)21-20-14-12(22(23)24)13(18-9-19-14)17-8-10-6-4-5-7-11(10)16/h4-7,9,21H,8H2,1-3H3,(H2,17,18,19,20). The Morgan fingerprint density at radius 3 is 2.50 bits per heavy atom. The minimum absolute atomic E-state index is 0.0894. The number of aromatic nitrogens is 2. The summed E-state index contributed by atoms with van der Waals surface area (Å²) in [5, 5.41) is 15.0. The Bertz CT molecular complexity index is 732. The Morgan fingerprint density at radius 1 is 1.21 bits per heavy atom. The second-order valence-electron chi connectivity index (χ2n) is 6.12. The van der Waals surface area contributed by atoms with Gasteiger partial charge in [-0.3, -0.25) is 15.5 Å². The summed E-state index contributed by atoms with van der Waals surface area (Å²) in [5.41, 5.74) is 6.02. The molecule has 2 aromatic rings. The fourth-order valence-electron chi connectivity index (χ4n) is 1.84. The lowest BCUT2D eigenvalue weighted by Gasteiger charge is -2.21. The van der Waals surface area contributed by atoms with Crippen LogP contribution in [0.3, 0.4) is 0 Å². The van der Waals surface area contributed by atoms with Gasteiger partial charge in [0.1, 0.15) is 6.33 Å². The highest BCUT2D eigenvalue weighted by molar-refractivity contribution is 6.31. The number of nitro groups is 1. The van der Waals surface area contributed by atoms with Crippen LogP contribution in [0.5, 0.6) is 0 Å². The van der Waals surface area contributed by atoms with Crippen LogP contribution in [0.4, 0.5) is 17.3 Å². The molecule has 1 aromatic heterocycles. The number of nitrogens with one attached hydrogen (secondary N) is 3. The molecule has 128 valence electrons. The molecule has 3 N–H and O–H groups in total. The van der Waals surface area contributed by atoms with Gasteiger partial charge in [-0.2, -0.15) is 0 Å². The van der Waals surface area contributed by atoms with Crippen LogP contribution < -0.4 is 16.2 Å². The molecule has 9 heteroatoms. The third-order valence-corrected chi connectivity index (χ3v) is 3.33. The summed E-state index contributed by atoms with van der Waals surface area (Å²) in [6.07, 6.45) is 1.26. The molecule has 0 atom stereocenters. The van der Waals surface area contributed by atoms with E-state index in [-0.39, 0.29) is 22.9 Å². The van der Waals surface area contributed by atoms with Gasteiger partial charge in [-0.25, -0.2) is 15.4 Å². The van der Waals surface area contributed by atoms with Crippen LogP contribution in [0.15, 0.2) is 30.6 Å². The molecule has 2 rings (SSSR count). The van der Waals surface area contributed by atoms with Crippen LogP contribution in [0.2, 0.25) is 5.02 Å². The van der Waals surface area contributed by atoms with Gasteiger partial charge in [0.15, 0.2) is 0 Å². The number of benzene rings is 1. The van der Waals surface area contributed by atoms with E-state index in [2.05, 4.69) is 26.1 Å². The molecule has 0 fully saturated rings. The monoisotopic (exact) mass is 350 g/mol. The maximum atomic E-state index is 11.4. The van der Waals surface area contributed by atoms with Crippen molar-refractivity contribution < 1.29 is 4.92 Å². The lowest BCUT2D eigenvalue weighted by Crippen LogP contribution is -2.40. The lowest BCUT2D eigenvalue weighted by atomic mass is 10.1. The van der Waals surface area contributed by atoms with Crippen molar-refractivity contribution in [2.75, 3.05) is 10.7 Å². The highest BCUT2D eigenvalue weighted by Gasteiger charge is 2.24. The van der Waals surface area contributed by atoms with Gasteiger partial charge in [0.25, 0.3) is 0 Å². The second kappa shape index (κ2) is 7.41. The molecule has 0 aliphatic carbocycles. The van der Waals surface area contributed by atoms with E-state index in [9.17, 15) is 10.1 Å². The summed E-state index contributed by atoms with van der Waals surface area (Å²) in [5.74, 6) is 0.208. The van der Waals surface area contributed by atoms with Gasteiger partial charge in [-0.05, 0) is 32.4 Å². The van der Waals surface area contributed by atoms with Crippen LogP contribution in [-0.2, 0) is 6.54 Å². The minimum atomic E-state index is -0.526. The number of hydrogen-bond acceptors (Lipinski definition) is 7. The third-order valence-electron chi connectivity index (χ3n) is 2.96. The van der Waals surface area contributed by atoms with Gasteiger partial charge in [0.05, 0.1) is 4.92 Å². The first kappa shape index (κ1) is 17.9. The molecule has 0 saturated carbocycles. The quantitative estimate of drug-likeness (QED) is 0.541. The van der Waals surface area contributed by atoms with Crippen molar-refractivity contribution in [1.82, 2.24) is 15.4 Å². The third kappa shape index (κ3) is 4.77. The van der Waals surface area contributed by atoms with E-state index in [1.165, 1.54) is 6.33 Å². The van der Waals surface area contributed by atoms with E-state index in [1.54, 1.807) is 6.07 Å². The molecule has 8 nitrogen and oxygen atoms in total. The summed E-state index contributed by atoms with van der Waals surface area (Å²) in [6, 6.07) is 7.26. The highest BCUT2D eigenvalue weighted by atomic mass is 35.5. The van der Waals surface area contributed by atoms with Crippen LogP contribution >= 0.6 is 11.6 Å². The maximum Gasteiger partial charge on any atom is 0.354 e. The van der Waals surface area contributed by atoms with Crippen molar-refractivity contribution in [1.29, 1.82) is 0 Å². The average molecular weight is 351 g/mol. The van der Waals surface area contributed by atoms with Gasteiger partial charge >= 0.3 is 5.69 Å². The summed E-state index contributed by atoms with van der Waals surface area (Å²) >= 11 is 6.10. The Morgan fingerprint density at radius 2 is 1.88 bits per heavy atom. The molecule has 0 spiro atoms. The second-order valence-corrected chi connectivity index (χ2v) is 6.53. The van der Waals surface area contributed by atoms with Crippen molar-refractivity contribution in [2.24, 2.45) is 0 Å². The zero-order chi connectivity index (χ0) is 17.7. The van der Waals surface area contributed by atoms with Gasteiger partial charge in [-0.1, -0.05) is 29.8 Å². The van der Waals surface area contributed by atoms with Crippen molar-refractivity contribution in [3.05, 3.63) is 51.3 Å². The molecule has 0 saturated heterocycles. The SMILES string of the molecule is CC(C)(C)NNc1ncnc(NCc2ccccc2Cl)c1[N+](=O)[O-]. The Labute approximate surface area is 144 Å². The molecule has 0 amide bonds. The van der Waals surface area contributed by atoms with E-state index in [1.807, 2.05) is 39.0 Å². The van der Waals surface area contributed by atoms with Crippen molar-refractivity contribution in [3.8, 4) is 0 Å². The molecule has 0 aliphatic rings. The molecule has 0 aliphatic heterocycles. The van der Waals surface area contributed by atoms with Crippen molar-refractivity contribution in [2.45, 2.75) is 32.9 Å². The van der Waals surface area contributed by atoms with Crippen LogP contribution in [0.1, 0.15) is 26.3 Å². The van der Waals surface area contributed by atoms with Crippen LogP contribution in [0, 0.1) is 10.1 Å². The first-order valence-corrected chi connectivity index (χ1v) is 7.65. The Kier molecular flexibility index (Phi) is 5.53. The van der Waals surface area contributed by atoms with Crippen LogP contribution in [0.25, 0.3) is 0 Å². The Hall–Kier alpha value is -2.45. The van der Waals surface area contributed by atoms with Gasteiger partial charge < -0.3 is 5.32 Å². The predicted molar refractivity (Wildman–Crippen MR) is 94.0 cm³/mol. The number of rotatable bonds is 6. The normalized spacial score (nSPS) is 11.2. The van der Waals surface area contributed by atoms with Crippen molar-refractivity contribution >= 4 is 28.9 Å². The summed E-state index contributed by atoms with van der Waals surface area (Å²) in [7, 11) is 0. The summed E-state index contributed by atoms with van der Waals surface area (Å²) in [6.45, 7) is 6.07. The number of anilines is 2. The first-order chi connectivity index (χ1) is 11.3. The van der Waals surface area contributed by atoms with E-state index in [0.717, 1.165) is 5.56 Å². The number of nitrogens with zero attached hydrogens (tertiary/aromatic N) is 3. The predicted octanol–water partition coefficient (Wildman–Crippen LogP) is 3.37. The zero-order valence-corrected chi connectivity index (χ0v) is 14.4. The molecule has 24 heavy (non-hydrogen) atoms. The van der Waals surface area contributed by atoms with Crippen molar-refractivity contribution in [3.63, 3.8) is 0 Å². The largest absolute Gasteiger partial charge is 0.360 e. The fourth-order valence-corrected chi connectivity index (χ4v) is 2.04. The lowest BCUT2D eigenvalue weighted by molar-refractivity contribution is -0.383. The molecule has 1 heterocycles. The molecule has 1 aromatic carbocycles. The zero-order valence-electron chi connectivity index (χ0n) is 13.6. The first-order valence-electron chi connectivity index (χ1n) is 7.28. The van der Waals surface area contributed by atoms with E-state index < -0.39 is 4.92 Å². The maximum absolute atomic E-state index is 11.4. The van der Waals surface area contributed by atoms with E-state index >= 15 is 0 Å². The smallest absolute Gasteiger partial charge is 0.354 e. The Balaban J connectivity index is 2.23. The number of halogens is 1. The van der Waals surface area contributed by atoms with E-state index in [0.29, 0.717) is 11.6 Å². The number of hydrogen-bond donors (Lipinski definition) is 3. The molecule has 0 radical (unpaired) electrons. The summed E-state index contributed by atoms with van der Waals surface area (Å²) < 4.78 is 0. The minimum Gasteiger partial charge on any atom is -0.360 e. The number of hydrazine groups is 1. The van der Waals surface area contributed by atoms with Gasteiger partial charge in [0, 0.05) is 17.1 Å². The fraction of sp³-hybridized carbons (Fsp3) is 0.333. The summed E-state index contributed by atoms with van der Waals surface area (Å²) in [4.78, 5) is 18.8. The average Bonchev–Trinajstić information content (AvgIpc) is 2.51. The van der Waals surface area contributed by atoms with Gasteiger partial charge in [-0.15, -0.1) is 0 Å². The molecular weight excluding hydrogens is 332 g/mol. The molecule has 0 unspecified atom stereocenters. The molecule has 0 bridgehead atoms. The topological polar surface area (TPSA) is 105 Å².